The molecule has 0 bridgehead atoms. The molecule has 0 aliphatic heterocycles. The molecule has 0 amide bonds. The van der Waals surface area contributed by atoms with Crippen molar-refractivity contribution in [2.45, 2.75) is 26.9 Å². The summed E-state index contributed by atoms with van der Waals surface area (Å²) in [7, 11) is 1.77. The summed E-state index contributed by atoms with van der Waals surface area (Å²) in [6.45, 7) is 5.56. The van der Waals surface area contributed by atoms with Crippen LogP contribution in [0.15, 0.2) is 33.7 Å². The van der Waals surface area contributed by atoms with Gasteiger partial charge in [-0.25, -0.2) is 4.98 Å². The van der Waals surface area contributed by atoms with Gasteiger partial charge in [0.25, 0.3) is 0 Å². The molecule has 4 nitrogen and oxygen atoms in total. The van der Waals surface area contributed by atoms with Gasteiger partial charge < -0.3 is 10.6 Å². The lowest BCUT2D eigenvalue weighted by molar-refractivity contribution is 0.803. The molecule has 0 atom stereocenters. The molecule has 1 aromatic carbocycles. The van der Waals surface area contributed by atoms with E-state index >= 15 is 0 Å². The van der Waals surface area contributed by atoms with Crippen molar-refractivity contribution >= 4 is 33.2 Å². The molecule has 6 heteroatoms. The highest BCUT2D eigenvalue weighted by Crippen LogP contribution is 2.15. The van der Waals surface area contributed by atoms with Crippen LogP contribution in [-0.2, 0) is 13.1 Å². The average Bonchev–Trinajstić information content (AvgIpc) is 2.80. The molecule has 0 unspecified atom stereocenters. The molecule has 21 heavy (non-hydrogen) atoms. The molecule has 0 fully saturated rings. The van der Waals surface area contributed by atoms with E-state index in [4.69, 9.17) is 0 Å². The molecule has 0 saturated carbocycles. The Morgan fingerprint density at radius 1 is 1.19 bits per heavy atom. The van der Waals surface area contributed by atoms with Gasteiger partial charge in [-0.1, -0.05) is 28.1 Å². The standard InChI is InChI=1S/C15H19BrN4S/c1-10-11(2)21-14(20-10)9-19-15(17-3)18-8-12-4-6-13(16)7-5-12/h4-7H,8-9H2,1-3H3,(H2,17,18,19). The van der Waals surface area contributed by atoms with E-state index in [1.165, 1.54) is 10.4 Å². The number of thiazole rings is 1. The summed E-state index contributed by atoms with van der Waals surface area (Å²) < 4.78 is 1.09. The Kier molecular flexibility index (Phi) is 5.76. The third kappa shape index (κ3) is 4.82. The zero-order chi connectivity index (χ0) is 15.2. The topological polar surface area (TPSA) is 49.3 Å². The summed E-state index contributed by atoms with van der Waals surface area (Å²) in [5, 5.41) is 7.66. The van der Waals surface area contributed by atoms with E-state index < -0.39 is 0 Å². The fraction of sp³-hybridized carbons (Fsp3) is 0.333. The fourth-order valence-corrected chi connectivity index (χ4v) is 2.92. The number of nitrogens with zero attached hydrogens (tertiary/aromatic N) is 2. The van der Waals surface area contributed by atoms with Gasteiger partial charge in [-0.3, -0.25) is 4.99 Å². The zero-order valence-corrected chi connectivity index (χ0v) is 14.8. The molecule has 0 aliphatic rings. The van der Waals surface area contributed by atoms with Gasteiger partial charge in [0, 0.05) is 22.9 Å². The number of aryl methyl sites for hydroxylation is 2. The molecule has 0 spiro atoms. The van der Waals surface area contributed by atoms with Crippen molar-refractivity contribution < 1.29 is 0 Å². The first-order chi connectivity index (χ1) is 10.1. The van der Waals surface area contributed by atoms with Gasteiger partial charge >= 0.3 is 0 Å². The molecule has 1 aromatic heterocycles. The Labute approximate surface area is 137 Å². The van der Waals surface area contributed by atoms with Gasteiger partial charge in [-0.05, 0) is 31.5 Å². The van der Waals surface area contributed by atoms with Crippen molar-refractivity contribution in [2.75, 3.05) is 7.05 Å². The van der Waals surface area contributed by atoms with Crippen LogP contribution in [0.4, 0.5) is 0 Å². The van der Waals surface area contributed by atoms with Crippen molar-refractivity contribution in [3.8, 4) is 0 Å². The number of halogens is 1. The van der Waals surface area contributed by atoms with Gasteiger partial charge in [0.2, 0.25) is 0 Å². The first-order valence-corrected chi connectivity index (χ1v) is 8.31. The Morgan fingerprint density at radius 3 is 2.43 bits per heavy atom. The van der Waals surface area contributed by atoms with Crippen LogP contribution in [0.5, 0.6) is 0 Å². The van der Waals surface area contributed by atoms with Crippen molar-refractivity contribution in [1.82, 2.24) is 15.6 Å². The third-order valence-corrected chi connectivity index (χ3v) is 4.68. The van der Waals surface area contributed by atoms with Crippen LogP contribution in [-0.4, -0.2) is 18.0 Å². The molecule has 112 valence electrons. The number of rotatable bonds is 4. The zero-order valence-electron chi connectivity index (χ0n) is 12.4. The maximum atomic E-state index is 4.51. The SMILES string of the molecule is CN=C(NCc1ccc(Br)cc1)NCc1nc(C)c(C)s1. The smallest absolute Gasteiger partial charge is 0.191 e. The number of hydrogen-bond acceptors (Lipinski definition) is 3. The van der Waals surface area contributed by atoms with E-state index in [0.717, 1.165) is 27.7 Å². The summed E-state index contributed by atoms with van der Waals surface area (Å²) in [6.07, 6.45) is 0. The summed E-state index contributed by atoms with van der Waals surface area (Å²) in [6, 6.07) is 8.23. The lowest BCUT2D eigenvalue weighted by Gasteiger charge is -2.11. The average molecular weight is 367 g/mol. The van der Waals surface area contributed by atoms with Crippen LogP contribution < -0.4 is 10.6 Å². The molecule has 2 rings (SSSR count). The Balaban J connectivity index is 1.84. The second-order valence-corrected chi connectivity index (χ2v) is 6.86. The number of benzene rings is 1. The molecule has 0 radical (unpaired) electrons. The Bertz CT molecular complexity index is 600. The number of hydrogen-bond donors (Lipinski definition) is 2. The van der Waals surface area contributed by atoms with E-state index in [1.54, 1.807) is 18.4 Å². The van der Waals surface area contributed by atoms with Gasteiger partial charge in [0.1, 0.15) is 5.01 Å². The predicted molar refractivity (Wildman–Crippen MR) is 92.8 cm³/mol. The van der Waals surface area contributed by atoms with Crippen molar-refractivity contribution in [1.29, 1.82) is 0 Å². The summed E-state index contributed by atoms with van der Waals surface area (Å²) in [4.78, 5) is 10.0. The minimum Gasteiger partial charge on any atom is -0.352 e. The van der Waals surface area contributed by atoms with Crippen molar-refractivity contribution in [3.05, 3.63) is 49.9 Å². The van der Waals surface area contributed by atoms with Crippen LogP contribution in [0.2, 0.25) is 0 Å². The van der Waals surface area contributed by atoms with Crippen LogP contribution in [0.3, 0.4) is 0 Å². The van der Waals surface area contributed by atoms with E-state index in [1.807, 2.05) is 19.1 Å². The third-order valence-electron chi connectivity index (χ3n) is 3.08. The van der Waals surface area contributed by atoms with Gasteiger partial charge in [0.05, 0.1) is 12.2 Å². The molecule has 2 N–H and O–H groups in total. The van der Waals surface area contributed by atoms with E-state index in [9.17, 15) is 0 Å². The van der Waals surface area contributed by atoms with Gasteiger partial charge in [0.15, 0.2) is 5.96 Å². The Morgan fingerprint density at radius 2 is 1.86 bits per heavy atom. The minimum atomic E-state index is 0.694. The monoisotopic (exact) mass is 366 g/mol. The lowest BCUT2D eigenvalue weighted by atomic mass is 10.2. The number of guanidine groups is 1. The second-order valence-electron chi connectivity index (χ2n) is 4.65. The second kappa shape index (κ2) is 7.56. The first kappa shape index (κ1) is 16.0. The van der Waals surface area contributed by atoms with E-state index in [0.29, 0.717) is 6.54 Å². The summed E-state index contributed by atoms with van der Waals surface area (Å²) in [5.74, 6) is 0.781. The number of aromatic nitrogens is 1. The van der Waals surface area contributed by atoms with E-state index in [-0.39, 0.29) is 0 Å². The normalized spacial score (nSPS) is 11.5. The molecule has 0 aliphatic carbocycles. The maximum absolute atomic E-state index is 4.51. The highest BCUT2D eigenvalue weighted by Gasteiger charge is 2.04. The first-order valence-electron chi connectivity index (χ1n) is 6.70. The minimum absolute atomic E-state index is 0.694. The Hall–Kier alpha value is -1.40. The molecule has 0 saturated heterocycles. The van der Waals surface area contributed by atoms with Crippen molar-refractivity contribution in [3.63, 3.8) is 0 Å². The molecular formula is C15H19BrN4S. The molecule has 1 heterocycles. The highest BCUT2D eigenvalue weighted by atomic mass is 79.9. The highest BCUT2D eigenvalue weighted by molar-refractivity contribution is 9.10. The summed E-state index contributed by atoms with van der Waals surface area (Å²) >= 11 is 5.16. The lowest BCUT2D eigenvalue weighted by Crippen LogP contribution is -2.36. The van der Waals surface area contributed by atoms with Crippen molar-refractivity contribution in [2.24, 2.45) is 4.99 Å². The van der Waals surface area contributed by atoms with Crippen LogP contribution in [0.1, 0.15) is 21.1 Å². The quantitative estimate of drug-likeness (QED) is 0.643. The predicted octanol–water partition coefficient (Wildman–Crippen LogP) is 3.39. The number of nitrogens with one attached hydrogen (secondary N) is 2. The number of aliphatic imine (C=N–C) groups is 1. The molecular weight excluding hydrogens is 348 g/mol. The molecule has 2 aromatic rings. The van der Waals surface area contributed by atoms with Crippen LogP contribution >= 0.6 is 27.3 Å². The van der Waals surface area contributed by atoms with E-state index in [2.05, 4.69) is 55.6 Å². The van der Waals surface area contributed by atoms with Gasteiger partial charge in [-0.2, -0.15) is 0 Å². The fourth-order valence-electron chi connectivity index (χ4n) is 1.78. The van der Waals surface area contributed by atoms with Crippen LogP contribution in [0, 0.1) is 13.8 Å². The van der Waals surface area contributed by atoms with Crippen LogP contribution in [0.25, 0.3) is 0 Å². The largest absolute Gasteiger partial charge is 0.352 e. The van der Waals surface area contributed by atoms with Gasteiger partial charge in [-0.15, -0.1) is 11.3 Å². The summed E-state index contributed by atoms with van der Waals surface area (Å²) in [5.41, 5.74) is 2.32. The maximum Gasteiger partial charge on any atom is 0.191 e.